The van der Waals surface area contributed by atoms with Crippen molar-refractivity contribution in [1.29, 1.82) is 0 Å². The Kier molecular flexibility index (Phi) is 4.62. The molecule has 0 fully saturated rings. The van der Waals surface area contributed by atoms with Gasteiger partial charge in [0.25, 0.3) is 16.1 Å². The van der Waals surface area contributed by atoms with Gasteiger partial charge in [-0.05, 0) is 31.2 Å². The molecule has 0 amide bonds. The number of nitrogens with one attached hydrogen (secondary N) is 1. The Balaban J connectivity index is 2.18. The van der Waals surface area contributed by atoms with Crippen molar-refractivity contribution in [2.75, 3.05) is 14.1 Å². The molecular formula is C12H15ClN4O3S. The monoisotopic (exact) mass is 330 g/mol. The average molecular weight is 331 g/mol. The van der Waals surface area contributed by atoms with Gasteiger partial charge in [0.1, 0.15) is 0 Å². The van der Waals surface area contributed by atoms with E-state index in [-0.39, 0.29) is 5.82 Å². The van der Waals surface area contributed by atoms with Crippen LogP contribution >= 0.6 is 11.6 Å². The molecule has 0 bridgehead atoms. The smallest absolute Gasteiger partial charge is 0.279 e. The van der Waals surface area contributed by atoms with Crippen LogP contribution in [0.1, 0.15) is 18.8 Å². The normalized spacial score (nSPS) is 13.6. The van der Waals surface area contributed by atoms with E-state index in [0.29, 0.717) is 16.5 Å². The van der Waals surface area contributed by atoms with E-state index in [2.05, 4.69) is 14.9 Å². The summed E-state index contributed by atoms with van der Waals surface area (Å²) < 4.78 is 32.1. The molecule has 21 heavy (non-hydrogen) atoms. The fraction of sp³-hybridized carbons (Fsp3) is 0.333. The molecule has 1 N–H and O–H groups in total. The van der Waals surface area contributed by atoms with Gasteiger partial charge in [-0.2, -0.15) is 22.4 Å². The third kappa shape index (κ3) is 3.79. The van der Waals surface area contributed by atoms with Crippen LogP contribution in [0.2, 0.25) is 5.02 Å². The second-order valence-electron chi connectivity index (χ2n) is 4.59. The summed E-state index contributed by atoms with van der Waals surface area (Å²) in [6.07, 6.45) is 0. The molecule has 0 aliphatic carbocycles. The zero-order valence-electron chi connectivity index (χ0n) is 11.7. The van der Waals surface area contributed by atoms with Gasteiger partial charge in [0.2, 0.25) is 0 Å². The summed E-state index contributed by atoms with van der Waals surface area (Å²) in [5.74, 6) is 0.558. The summed E-state index contributed by atoms with van der Waals surface area (Å²) in [5.41, 5.74) is 0.709. The molecule has 2 rings (SSSR count). The molecule has 7 nitrogen and oxygen atoms in total. The second-order valence-corrected chi connectivity index (χ2v) is 6.94. The van der Waals surface area contributed by atoms with Gasteiger partial charge >= 0.3 is 0 Å². The molecule has 114 valence electrons. The van der Waals surface area contributed by atoms with E-state index < -0.39 is 16.3 Å². The predicted molar refractivity (Wildman–Crippen MR) is 78.9 cm³/mol. The van der Waals surface area contributed by atoms with Crippen molar-refractivity contribution in [3.8, 4) is 11.5 Å². The van der Waals surface area contributed by atoms with Crippen molar-refractivity contribution in [3.05, 3.63) is 35.1 Å². The van der Waals surface area contributed by atoms with Crippen LogP contribution in [0, 0.1) is 0 Å². The average Bonchev–Trinajstić information content (AvgIpc) is 2.88. The van der Waals surface area contributed by atoms with Crippen LogP contribution in [-0.4, -0.2) is 37.0 Å². The highest BCUT2D eigenvalue weighted by molar-refractivity contribution is 7.87. The third-order valence-corrected chi connectivity index (χ3v) is 4.59. The lowest BCUT2D eigenvalue weighted by molar-refractivity contribution is 0.413. The maximum Gasteiger partial charge on any atom is 0.279 e. The Hall–Kier alpha value is -1.48. The number of hydrogen-bond acceptors (Lipinski definition) is 5. The van der Waals surface area contributed by atoms with Crippen LogP contribution in [0.15, 0.2) is 28.8 Å². The molecule has 0 unspecified atom stereocenters. The Morgan fingerprint density at radius 3 is 2.48 bits per heavy atom. The van der Waals surface area contributed by atoms with Gasteiger partial charge < -0.3 is 4.52 Å². The standard InChI is InChI=1S/C12H15ClN4O3S/c1-8(16-21(18,19)17(2)3)11-14-12(20-15-11)9-4-6-10(13)7-5-9/h4-8,16H,1-3H3/t8-/m0/s1. The molecule has 0 saturated heterocycles. The topological polar surface area (TPSA) is 88.3 Å². The molecule has 1 atom stereocenters. The zero-order chi connectivity index (χ0) is 15.6. The van der Waals surface area contributed by atoms with Crippen LogP contribution in [-0.2, 0) is 10.2 Å². The Morgan fingerprint density at radius 2 is 1.90 bits per heavy atom. The van der Waals surface area contributed by atoms with Crippen molar-refractivity contribution in [3.63, 3.8) is 0 Å². The number of benzene rings is 1. The summed E-state index contributed by atoms with van der Waals surface area (Å²) in [5, 5.41) is 4.40. The minimum atomic E-state index is -3.56. The van der Waals surface area contributed by atoms with Crippen LogP contribution in [0.25, 0.3) is 11.5 Å². The quantitative estimate of drug-likeness (QED) is 0.903. The second kappa shape index (κ2) is 6.10. The third-order valence-electron chi connectivity index (χ3n) is 2.73. The lowest BCUT2D eigenvalue weighted by Crippen LogP contribution is -2.37. The highest BCUT2D eigenvalue weighted by Crippen LogP contribution is 2.21. The summed E-state index contributed by atoms with van der Waals surface area (Å²) >= 11 is 5.81. The Labute approximate surface area is 128 Å². The molecule has 0 aliphatic rings. The minimum Gasteiger partial charge on any atom is -0.334 e. The first-order chi connectivity index (χ1) is 9.79. The molecule has 1 heterocycles. The molecule has 0 saturated carbocycles. The van der Waals surface area contributed by atoms with E-state index in [1.165, 1.54) is 14.1 Å². The van der Waals surface area contributed by atoms with Gasteiger partial charge in [-0.25, -0.2) is 0 Å². The van der Waals surface area contributed by atoms with Gasteiger partial charge in [-0.3, -0.25) is 0 Å². The molecule has 0 spiro atoms. The van der Waals surface area contributed by atoms with Crippen LogP contribution in [0.3, 0.4) is 0 Å². The molecular weight excluding hydrogens is 316 g/mol. The SMILES string of the molecule is C[C@H](NS(=O)(=O)N(C)C)c1noc(-c2ccc(Cl)cc2)n1. The van der Waals surface area contributed by atoms with Crippen LogP contribution < -0.4 is 4.72 Å². The highest BCUT2D eigenvalue weighted by Gasteiger charge is 2.22. The van der Waals surface area contributed by atoms with E-state index in [0.717, 1.165) is 4.31 Å². The predicted octanol–water partition coefficient (Wildman–Crippen LogP) is 1.85. The van der Waals surface area contributed by atoms with Crippen molar-refractivity contribution in [1.82, 2.24) is 19.2 Å². The lowest BCUT2D eigenvalue weighted by atomic mass is 10.2. The Bertz CT molecular complexity index is 712. The van der Waals surface area contributed by atoms with Gasteiger partial charge in [-0.1, -0.05) is 16.8 Å². The van der Waals surface area contributed by atoms with Crippen molar-refractivity contribution >= 4 is 21.8 Å². The largest absolute Gasteiger partial charge is 0.334 e. The van der Waals surface area contributed by atoms with E-state index in [1.807, 2.05) is 0 Å². The molecule has 9 heteroatoms. The molecule has 0 radical (unpaired) electrons. The number of nitrogens with zero attached hydrogens (tertiary/aromatic N) is 3. The lowest BCUT2D eigenvalue weighted by Gasteiger charge is -2.15. The Morgan fingerprint density at radius 1 is 1.29 bits per heavy atom. The fourth-order valence-corrected chi connectivity index (χ4v) is 2.39. The zero-order valence-corrected chi connectivity index (χ0v) is 13.3. The number of hydrogen-bond donors (Lipinski definition) is 1. The van der Waals surface area contributed by atoms with Crippen molar-refractivity contribution < 1.29 is 12.9 Å². The van der Waals surface area contributed by atoms with Gasteiger partial charge in [0.05, 0.1) is 6.04 Å². The van der Waals surface area contributed by atoms with E-state index in [1.54, 1.807) is 31.2 Å². The molecule has 0 aliphatic heterocycles. The molecule has 1 aromatic heterocycles. The first-order valence-corrected chi connectivity index (χ1v) is 7.91. The van der Waals surface area contributed by atoms with Gasteiger partial charge in [0.15, 0.2) is 5.82 Å². The molecule has 2 aromatic rings. The van der Waals surface area contributed by atoms with Crippen LogP contribution in [0.5, 0.6) is 0 Å². The van der Waals surface area contributed by atoms with Crippen molar-refractivity contribution in [2.24, 2.45) is 0 Å². The summed E-state index contributed by atoms with van der Waals surface area (Å²) in [4.78, 5) is 4.19. The first-order valence-electron chi connectivity index (χ1n) is 6.09. The maximum absolute atomic E-state index is 11.7. The maximum atomic E-state index is 11.7. The number of aromatic nitrogens is 2. The number of halogens is 1. The summed E-state index contributed by atoms with van der Waals surface area (Å²) in [6.45, 7) is 1.64. The molecule has 1 aromatic carbocycles. The first kappa shape index (κ1) is 15.9. The van der Waals surface area contributed by atoms with E-state index in [4.69, 9.17) is 16.1 Å². The summed E-state index contributed by atoms with van der Waals surface area (Å²) in [6, 6.07) is 6.29. The van der Waals surface area contributed by atoms with Gasteiger partial charge in [-0.15, -0.1) is 0 Å². The minimum absolute atomic E-state index is 0.255. The van der Waals surface area contributed by atoms with E-state index in [9.17, 15) is 8.42 Å². The highest BCUT2D eigenvalue weighted by atomic mass is 35.5. The van der Waals surface area contributed by atoms with Crippen LogP contribution in [0.4, 0.5) is 0 Å². The fourth-order valence-electron chi connectivity index (χ4n) is 1.50. The van der Waals surface area contributed by atoms with Crippen molar-refractivity contribution in [2.45, 2.75) is 13.0 Å². The van der Waals surface area contributed by atoms with Gasteiger partial charge in [0, 0.05) is 24.7 Å². The number of rotatable bonds is 5. The van der Waals surface area contributed by atoms with E-state index >= 15 is 0 Å². The summed E-state index contributed by atoms with van der Waals surface area (Å²) in [7, 11) is -0.692.